The van der Waals surface area contributed by atoms with Crippen molar-refractivity contribution < 1.29 is 4.79 Å². The quantitative estimate of drug-likeness (QED) is 0.567. The lowest BCUT2D eigenvalue weighted by molar-refractivity contribution is 0.0953. The van der Waals surface area contributed by atoms with Crippen molar-refractivity contribution >= 4 is 49.1 Å². The zero-order valence-corrected chi connectivity index (χ0v) is 13.0. The van der Waals surface area contributed by atoms with Crippen LogP contribution in [-0.4, -0.2) is 17.8 Å². The zero-order chi connectivity index (χ0) is 11.8. The summed E-state index contributed by atoms with van der Waals surface area (Å²) < 4.78 is 0.995. The lowest BCUT2D eigenvalue weighted by Crippen LogP contribution is -2.23. The Morgan fingerprint density at radius 3 is 2.69 bits per heavy atom. The molecule has 1 rings (SSSR count). The van der Waals surface area contributed by atoms with Crippen LogP contribution in [0.25, 0.3) is 0 Å². The van der Waals surface area contributed by atoms with Crippen LogP contribution in [0.5, 0.6) is 0 Å². The van der Waals surface area contributed by atoms with Gasteiger partial charge in [-0.3, -0.25) is 4.79 Å². The molecule has 0 saturated heterocycles. The van der Waals surface area contributed by atoms with E-state index in [0.29, 0.717) is 0 Å². The second-order valence-electron chi connectivity index (χ2n) is 3.50. The van der Waals surface area contributed by atoms with Gasteiger partial charge in [-0.25, -0.2) is 0 Å². The Labute approximate surface area is 117 Å². The van der Waals surface area contributed by atoms with E-state index in [0.717, 1.165) is 27.6 Å². The molecule has 0 unspecified atom stereocenters. The van der Waals surface area contributed by atoms with Crippen molar-refractivity contribution in [2.24, 2.45) is 0 Å². The molecule has 0 spiro atoms. The van der Waals surface area contributed by atoms with E-state index in [1.165, 1.54) is 30.6 Å². The number of alkyl halides is 1. The van der Waals surface area contributed by atoms with Crippen molar-refractivity contribution in [2.45, 2.75) is 25.7 Å². The van der Waals surface area contributed by atoms with Crippen LogP contribution in [0.4, 0.5) is 0 Å². The van der Waals surface area contributed by atoms with E-state index in [4.69, 9.17) is 0 Å². The number of halogens is 2. The van der Waals surface area contributed by atoms with Crippen LogP contribution in [0.1, 0.15) is 36.0 Å². The van der Waals surface area contributed by atoms with E-state index in [-0.39, 0.29) is 5.91 Å². The molecule has 5 heteroatoms. The maximum atomic E-state index is 11.6. The highest BCUT2D eigenvalue weighted by Gasteiger charge is 2.06. The van der Waals surface area contributed by atoms with Gasteiger partial charge < -0.3 is 5.32 Å². The number of nitrogens with one attached hydrogen (secondary N) is 1. The maximum absolute atomic E-state index is 11.6. The molecule has 16 heavy (non-hydrogen) atoms. The minimum Gasteiger partial charge on any atom is -0.352 e. The van der Waals surface area contributed by atoms with Crippen LogP contribution >= 0.6 is 43.2 Å². The van der Waals surface area contributed by atoms with E-state index in [1.54, 1.807) is 0 Å². The van der Waals surface area contributed by atoms with Gasteiger partial charge in [-0.1, -0.05) is 28.8 Å². The number of thiophene rings is 1. The van der Waals surface area contributed by atoms with Gasteiger partial charge in [0.25, 0.3) is 5.91 Å². The predicted molar refractivity (Wildman–Crippen MR) is 76.6 cm³/mol. The van der Waals surface area contributed by atoms with Crippen molar-refractivity contribution in [3.63, 3.8) is 0 Å². The molecule has 1 heterocycles. The van der Waals surface area contributed by atoms with Gasteiger partial charge in [0.05, 0.1) is 9.35 Å². The minimum absolute atomic E-state index is 0.0300. The first-order valence-corrected chi connectivity index (χ1v) is 8.11. The topological polar surface area (TPSA) is 29.1 Å². The van der Waals surface area contributed by atoms with Crippen molar-refractivity contribution in [3.8, 4) is 0 Å². The molecule has 0 aliphatic carbocycles. The van der Waals surface area contributed by atoms with Crippen molar-refractivity contribution in [2.75, 3.05) is 11.9 Å². The summed E-state index contributed by atoms with van der Waals surface area (Å²) in [6.45, 7) is 0.772. The number of hydrogen-bond donors (Lipinski definition) is 1. The predicted octanol–water partition coefficient (Wildman–Crippen LogP) is 4.20. The Morgan fingerprint density at radius 2 is 2.06 bits per heavy atom. The highest BCUT2D eigenvalue weighted by molar-refractivity contribution is 9.11. The van der Waals surface area contributed by atoms with Gasteiger partial charge in [0.1, 0.15) is 0 Å². The Balaban J connectivity index is 2.11. The standard InChI is InChI=1S/C11H15Br2NOS/c12-5-3-1-2-4-6-14-11(15)9-7-10(13)16-8-9/h7-8H,1-6H2,(H,14,15). The van der Waals surface area contributed by atoms with E-state index in [1.807, 2.05) is 11.4 Å². The molecular weight excluding hydrogens is 354 g/mol. The van der Waals surface area contributed by atoms with Crippen LogP contribution < -0.4 is 5.32 Å². The highest BCUT2D eigenvalue weighted by Crippen LogP contribution is 2.20. The third kappa shape index (κ3) is 5.46. The monoisotopic (exact) mass is 367 g/mol. The van der Waals surface area contributed by atoms with Gasteiger partial charge in [-0.05, 0) is 34.8 Å². The van der Waals surface area contributed by atoms with E-state index in [9.17, 15) is 4.79 Å². The molecule has 90 valence electrons. The summed E-state index contributed by atoms with van der Waals surface area (Å²) in [6.07, 6.45) is 4.68. The average molecular weight is 369 g/mol. The number of hydrogen-bond acceptors (Lipinski definition) is 2. The molecule has 0 fully saturated rings. The van der Waals surface area contributed by atoms with Crippen LogP contribution in [-0.2, 0) is 0 Å². The van der Waals surface area contributed by atoms with Gasteiger partial charge in [0.2, 0.25) is 0 Å². The molecule has 0 aromatic carbocycles. The van der Waals surface area contributed by atoms with Crippen molar-refractivity contribution in [1.82, 2.24) is 5.32 Å². The van der Waals surface area contributed by atoms with Crippen LogP contribution in [0, 0.1) is 0 Å². The van der Waals surface area contributed by atoms with Crippen molar-refractivity contribution in [1.29, 1.82) is 0 Å². The Bertz CT molecular complexity index is 328. The smallest absolute Gasteiger partial charge is 0.252 e. The molecule has 0 saturated carbocycles. The molecule has 1 aromatic heterocycles. The second kappa shape index (κ2) is 8.25. The fourth-order valence-corrected chi connectivity index (χ4v) is 2.84. The van der Waals surface area contributed by atoms with E-state index >= 15 is 0 Å². The molecular formula is C11H15Br2NOS. The zero-order valence-electron chi connectivity index (χ0n) is 8.97. The van der Waals surface area contributed by atoms with Gasteiger partial charge in [-0.15, -0.1) is 11.3 Å². The number of amides is 1. The molecule has 0 aliphatic heterocycles. The summed E-state index contributed by atoms with van der Waals surface area (Å²) >= 11 is 8.28. The lowest BCUT2D eigenvalue weighted by Gasteiger charge is -2.03. The Morgan fingerprint density at radius 1 is 1.31 bits per heavy atom. The second-order valence-corrected chi connectivity index (χ2v) is 6.58. The first kappa shape index (κ1) is 14.2. The summed E-state index contributed by atoms with van der Waals surface area (Å²) in [5.41, 5.74) is 0.748. The molecule has 0 bridgehead atoms. The molecule has 1 amide bonds. The Kier molecular flexibility index (Phi) is 7.32. The number of carbonyl (C=O) groups is 1. The van der Waals surface area contributed by atoms with Gasteiger partial charge in [0, 0.05) is 17.3 Å². The summed E-state index contributed by atoms with van der Waals surface area (Å²) in [5.74, 6) is 0.0300. The first-order valence-electron chi connectivity index (χ1n) is 5.32. The maximum Gasteiger partial charge on any atom is 0.252 e. The minimum atomic E-state index is 0.0300. The van der Waals surface area contributed by atoms with Gasteiger partial charge in [0.15, 0.2) is 0 Å². The third-order valence-corrected chi connectivity index (χ3v) is 4.24. The highest BCUT2D eigenvalue weighted by atomic mass is 79.9. The number of rotatable bonds is 7. The third-order valence-electron chi connectivity index (χ3n) is 2.18. The van der Waals surface area contributed by atoms with Gasteiger partial charge >= 0.3 is 0 Å². The fourth-order valence-electron chi connectivity index (χ4n) is 1.31. The summed E-state index contributed by atoms with van der Waals surface area (Å²) in [4.78, 5) is 11.6. The van der Waals surface area contributed by atoms with E-state index < -0.39 is 0 Å². The largest absolute Gasteiger partial charge is 0.352 e. The summed E-state index contributed by atoms with van der Waals surface area (Å²) in [6, 6.07) is 1.85. The Hall–Kier alpha value is 0.130. The van der Waals surface area contributed by atoms with Crippen LogP contribution in [0.3, 0.4) is 0 Å². The SMILES string of the molecule is O=C(NCCCCCCBr)c1csc(Br)c1. The molecule has 0 aliphatic rings. The fraction of sp³-hybridized carbons (Fsp3) is 0.545. The number of carbonyl (C=O) groups excluding carboxylic acids is 1. The number of unbranched alkanes of at least 4 members (excludes halogenated alkanes) is 3. The van der Waals surface area contributed by atoms with Crippen molar-refractivity contribution in [3.05, 3.63) is 20.8 Å². The molecule has 0 atom stereocenters. The van der Waals surface area contributed by atoms with Gasteiger partial charge in [-0.2, -0.15) is 0 Å². The van der Waals surface area contributed by atoms with E-state index in [2.05, 4.69) is 37.2 Å². The molecule has 1 N–H and O–H groups in total. The average Bonchev–Trinajstić information content (AvgIpc) is 2.70. The summed E-state index contributed by atoms with van der Waals surface area (Å²) in [5, 5.41) is 5.86. The molecule has 2 nitrogen and oxygen atoms in total. The van der Waals surface area contributed by atoms with Crippen LogP contribution in [0.15, 0.2) is 15.2 Å². The summed E-state index contributed by atoms with van der Waals surface area (Å²) in [7, 11) is 0. The molecule has 1 aromatic rings. The first-order chi connectivity index (χ1) is 7.74. The lowest BCUT2D eigenvalue weighted by atomic mass is 10.2. The molecule has 0 radical (unpaired) electrons. The normalized spacial score (nSPS) is 10.4. The van der Waals surface area contributed by atoms with Crippen LogP contribution in [0.2, 0.25) is 0 Å².